The van der Waals surface area contributed by atoms with Gasteiger partial charge < -0.3 is 25.6 Å². The molecule has 2 fully saturated rings. The summed E-state index contributed by atoms with van der Waals surface area (Å²) in [5.41, 5.74) is 1.80. The smallest absolute Gasteiger partial charge is 0.247 e. The fourth-order valence-corrected chi connectivity index (χ4v) is 6.22. The molecule has 4 unspecified atom stereocenters. The molecule has 1 aromatic carbocycles. The molecular weight excluding hydrogens is 468 g/mol. The first-order valence-corrected chi connectivity index (χ1v) is 13.4. The fraction of sp³-hybridized carbons (Fsp3) is 0.552. The van der Waals surface area contributed by atoms with Crippen LogP contribution in [-0.2, 0) is 25.5 Å². The van der Waals surface area contributed by atoms with Crippen LogP contribution in [0.4, 0.5) is 0 Å². The van der Waals surface area contributed by atoms with Crippen LogP contribution in [0, 0.1) is 5.41 Å². The Balaban J connectivity index is 1.67. The van der Waals surface area contributed by atoms with Gasteiger partial charge in [0, 0.05) is 18.3 Å². The standard InChI is InChI=1S/C29H40N4O4/c1-5-15-29(16-6-2)18-24-33(28(36)23(14-17-37-24)32-26(34)19(3)30-4)25(29)27(35)31-22-13-9-11-20-10-7-8-12-21(20)22/h5-8,10,12,19,22-25,30H,1-2,9,11,13-18H2,3-4H3,(H,31,35)(H,32,34)/t19-,22?,23?,24?,25?/m0/s1. The average molecular weight is 509 g/mol. The predicted molar refractivity (Wildman–Crippen MR) is 142 cm³/mol. The monoisotopic (exact) mass is 508 g/mol. The summed E-state index contributed by atoms with van der Waals surface area (Å²) < 4.78 is 6.16. The van der Waals surface area contributed by atoms with E-state index in [1.165, 1.54) is 5.56 Å². The minimum absolute atomic E-state index is 0.114. The number of amides is 3. The quantitative estimate of drug-likeness (QED) is 0.446. The number of carbonyl (C=O) groups excluding carboxylic acids is 3. The number of allylic oxidation sites excluding steroid dienone is 2. The van der Waals surface area contributed by atoms with Crippen molar-refractivity contribution in [1.29, 1.82) is 0 Å². The largest absolute Gasteiger partial charge is 0.358 e. The lowest BCUT2D eigenvalue weighted by Crippen LogP contribution is -2.59. The van der Waals surface area contributed by atoms with E-state index in [1.807, 2.05) is 24.3 Å². The Bertz CT molecular complexity index is 1030. The van der Waals surface area contributed by atoms with Gasteiger partial charge >= 0.3 is 0 Å². The molecule has 2 heterocycles. The Kier molecular flexibility index (Phi) is 8.49. The lowest BCUT2D eigenvalue weighted by molar-refractivity contribution is -0.150. The maximum atomic E-state index is 14.2. The van der Waals surface area contributed by atoms with E-state index in [9.17, 15) is 14.4 Å². The summed E-state index contributed by atoms with van der Waals surface area (Å²) in [5, 5.41) is 9.07. The molecule has 0 spiro atoms. The highest BCUT2D eigenvalue weighted by molar-refractivity contribution is 5.94. The zero-order chi connectivity index (χ0) is 26.6. The minimum atomic E-state index is -0.769. The van der Waals surface area contributed by atoms with E-state index in [2.05, 4.69) is 41.2 Å². The van der Waals surface area contributed by atoms with Gasteiger partial charge in [-0.1, -0.05) is 36.4 Å². The molecule has 200 valence electrons. The number of hydrogen-bond acceptors (Lipinski definition) is 5. The van der Waals surface area contributed by atoms with Crippen LogP contribution in [0.3, 0.4) is 0 Å². The Morgan fingerprint density at radius 1 is 1.16 bits per heavy atom. The zero-order valence-electron chi connectivity index (χ0n) is 22.0. The summed E-state index contributed by atoms with van der Waals surface area (Å²) in [5.74, 6) is -0.736. The van der Waals surface area contributed by atoms with Gasteiger partial charge in [-0.05, 0) is 57.2 Å². The molecular formula is C29H40N4O4. The molecule has 1 aliphatic carbocycles. The summed E-state index contributed by atoms with van der Waals surface area (Å²) in [7, 11) is 1.70. The molecule has 2 saturated heterocycles. The van der Waals surface area contributed by atoms with E-state index in [-0.39, 0.29) is 23.8 Å². The Labute approximate surface area is 219 Å². The van der Waals surface area contributed by atoms with Crippen molar-refractivity contribution in [2.75, 3.05) is 13.7 Å². The molecule has 4 rings (SSSR count). The van der Waals surface area contributed by atoms with Gasteiger partial charge in [-0.15, -0.1) is 13.2 Å². The maximum Gasteiger partial charge on any atom is 0.247 e. The number of nitrogens with zero attached hydrogens (tertiary/aromatic N) is 1. The number of aryl methyl sites for hydroxylation is 1. The van der Waals surface area contributed by atoms with Crippen molar-refractivity contribution in [2.45, 2.75) is 82.3 Å². The van der Waals surface area contributed by atoms with Crippen LogP contribution in [0.25, 0.3) is 0 Å². The Morgan fingerprint density at radius 3 is 2.59 bits per heavy atom. The second-order valence-electron chi connectivity index (χ2n) is 10.5. The van der Waals surface area contributed by atoms with E-state index >= 15 is 0 Å². The normalized spacial score (nSPS) is 27.3. The summed E-state index contributed by atoms with van der Waals surface area (Å²) in [6.45, 7) is 9.96. The first-order valence-electron chi connectivity index (χ1n) is 13.4. The second-order valence-corrected chi connectivity index (χ2v) is 10.5. The second kappa shape index (κ2) is 11.6. The third-order valence-corrected chi connectivity index (χ3v) is 8.20. The van der Waals surface area contributed by atoms with Crippen molar-refractivity contribution in [3.63, 3.8) is 0 Å². The Morgan fingerprint density at radius 2 is 1.89 bits per heavy atom. The van der Waals surface area contributed by atoms with Crippen LogP contribution in [0.15, 0.2) is 49.6 Å². The third-order valence-electron chi connectivity index (χ3n) is 8.20. The van der Waals surface area contributed by atoms with Crippen LogP contribution >= 0.6 is 0 Å². The summed E-state index contributed by atoms with van der Waals surface area (Å²) in [4.78, 5) is 42.3. The van der Waals surface area contributed by atoms with E-state index in [0.717, 1.165) is 24.8 Å². The van der Waals surface area contributed by atoms with Crippen molar-refractivity contribution in [2.24, 2.45) is 5.41 Å². The van der Waals surface area contributed by atoms with E-state index in [4.69, 9.17) is 4.74 Å². The molecule has 5 atom stereocenters. The van der Waals surface area contributed by atoms with Gasteiger partial charge in [0.2, 0.25) is 17.7 Å². The van der Waals surface area contributed by atoms with E-state index in [1.54, 1.807) is 18.9 Å². The molecule has 8 nitrogen and oxygen atoms in total. The maximum absolute atomic E-state index is 14.2. The SMILES string of the molecule is C=CCC1(CC=C)CC2OCCC(NC(=O)[C@H](C)NC)C(=O)N2C1C(=O)NC1CCCc2ccccc21. The molecule has 3 amide bonds. The molecule has 2 aliphatic heterocycles. The summed E-state index contributed by atoms with van der Waals surface area (Å²) >= 11 is 0. The number of hydrogen-bond donors (Lipinski definition) is 3. The van der Waals surface area contributed by atoms with Gasteiger partial charge in [-0.3, -0.25) is 14.4 Å². The molecule has 37 heavy (non-hydrogen) atoms. The van der Waals surface area contributed by atoms with Crippen molar-refractivity contribution < 1.29 is 19.1 Å². The van der Waals surface area contributed by atoms with Gasteiger partial charge in [-0.25, -0.2) is 0 Å². The first kappa shape index (κ1) is 27.1. The molecule has 8 heteroatoms. The molecule has 0 saturated carbocycles. The first-order chi connectivity index (χ1) is 17.8. The van der Waals surface area contributed by atoms with Crippen LogP contribution < -0.4 is 16.0 Å². The summed E-state index contributed by atoms with van der Waals surface area (Å²) in [6, 6.07) is 6.13. The minimum Gasteiger partial charge on any atom is -0.358 e. The highest BCUT2D eigenvalue weighted by atomic mass is 16.5. The van der Waals surface area contributed by atoms with Crippen LogP contribution in [0.5, 0.6) is 0 Å². The average Bonchev–Trinajstić information content (AvgIpc) is 3.13. The van der Waals surface area contributed by atoms with Crippen LogP contribution in [-0.4, -0.2) is 60.6 Å². The highest BCUT2D eigenvalue weighted by Gasteiger charge is 2.58. The topological polar surface area (TPSA) is 99.8 Å². The molecule has 3 aliphatic rings. The number of likely N-dealkylation sites (N-methyl/N-ethyl adjacent to an activating group) is 1. The van der Waals surface area contributed by atoms with Crippen molar-refractivity contribution in [3.05, 3.63) is 60.7 Å². The van der Waals surface area contributed by atoms with Gasteiger partial charge in [-0.2, -0.15) is 0 Å². The predicted octanol–water partition coefficient (Wildman–Crippen LogP) is 2.76. The fourth-order valence-electron chi connectivity index (χ4n) is 6.22. The third kappa shape index (κ3) is 5.36. The number of rotatable bonds is 9. The number of fused-ring (bicyclic) bond motifs is 2. The Hall–Kier alpha value is -2.97. The molecule has 1 aromatic rings. The van der Waals surface area contributed by atoms with Crippen molar-refractivity contribution >= 4 is 17.7 Å². The van der Waals surface area contributed by atoms with Gasteiger partial charge in [0.25, 0.3) is 0 Å². The lowest BCUT2D eigenvalue weighted by Gasteiger charge is -2.38. The molecule has 0 bridgehead atoms. The molecule has 3 N–H and O–H groups in total. The van der Waals surface area contributed by atoms with Gasteiger partial charge in [0.05, 0.1) is 18.7 Å². The van der Waals surface area contributed by atoms with Gasteiger partial charge in [0.1, 0.15) is 18.3 Å². The number of nitrogens with one attached hydrogen (secondary N) is 3. The zero-order valence-corrected chi connectivity index (χ0v) is 22.0. The number of ether oxygens (including phenoxy) is 1. The van der Waals surface area contributed by atoms with Crippen LogP contribution in [0.2, 0.25) is 0 Å². The van der Waals surface area contributed by atoms with Gasteiger partial charge in [0.15, 0.2) is 0 Å². The number of benzene rings is 1. The highest BCUT2D eigenvalue weighted by Crippen LogP contribution is 2.48. The number of carbonyl (C=O) groups is 3. The van der Waals surface area contributed by atoms with Crippen molar-refractivity contribution in [3.8, 4) is 0 Å². The van der Waals surface area contributed by atoms with E-state index in [0.29, 0.717) is 32.3 Å². The molecule has 0 radical (unpaired) electrons. The lowest BCUT2D eigenvalue weighted by atomic mass is 9.73. The molecule has 0 aromatic heterocycles. The van der Waals surface area contributed by atoms with Crippen LogP contribution in [0.1, 0.15) is 62.6 Å². The van der Waals surface area contributed by atoms with Crippen molar-refractivity contribution in [1.82, 2.24) is 20.9 Å². The summed E-state index contributed by atoms with van der Waals surface area (Å²) in [6.07, 6.45) is 7.84. The van der Waals surface area contributed by atoms with E-state index < -0.39 is 29.8 Å².